The molecule has 2 saturated heterocycles. The van der Waals surface area contributed by atoms with Gasteiger partial charge in [0.15, 0.2) is 0 Å². The highest BCUT2D eigenvalue weighted by Crippen LogP contribution is 2.46. The first-order valence-corrected chi connectivity index (χ1v) is 10.1. The molecule has 9 heteroatoms. The zero-order chi connectivity index (χ0) is 22.2. The number of rotatable bonds is 7. The molecule has 2 amide bonds. The van der Waals surface area contributed by atoms with Crippen molar-refractivity contribution in [3.8, 4) is 0 Å². The van der Waals surface area contributed by atoms with Gasteiger partial charge in [0.1, 0.15) is 12.3 Å². The van der Waals surface area contributed by atoms with Gasteiger partial charge in [0.05, 0.1) is 36.8 Å². The van der Waals surface area contributed by atoms with Crippen molar-refractivity contribution in [2.75, 3.05) is 13.2 Å². The number of fused-ring (bicyclic) bond motifs is 1. The lowest BCUT2D eigenvalue weighted by Gasteiger charge is -2.44. The standard InChI is InChI=1S/C21H28N2O7/c1-4-7-30-21(29)22-13(5-6-14(22)10-24)8-11(2)15-9-16-17(12(3)25)19(26)23(16)18(15)20(27)28/h4,8,12-14,16-17,24-25H,1,5-7,9-10H2,2-3H3,(H,27,28)/t12-,13?,14?,16-,17-/m1/s1. The smallest absolute Gasteiger partial charge is 0.410 e. The minimum atomic E-state index is -1.19. The minimum absolute atomic E-state index is 0.0523. The van der Waals surface area contributed by atoms with E-state index in [1.165, 1.54) is 22.8 Å². The number of hydrogen-bond donors (Lipinski definition) is 3. The normalized spacial score (nSPS) is 29.6. The molecular weight excluding hydrogens is 392 g/mol. The third-order valence-electron chi connectivity index (χ3n) is 6.14. The summed E-state index contributed by atoms with van der Waals surface area (Å²) in [5, 5.41) is 29.2. The van der Waals surface area contributed by atoms with Crippen LogP contribution in [0.15, 0.2) is 35.6 Å². The molecule has 5 atom stereocenters. The number of aliphatic carboxylic acids is 1. The average molecular weight is 420 g/mol. The van der Waals surface area contributed by atoms with E-state index in [2.05, 4.69) is 6.58 Å². The first-order chi connectivity index (χ1) is 14.2. The Hall–Kier alpha value is -2.65. The number of aliphatic hydroxyl groups excluding tert-OH is 2. The van der Waals surface area contributed by atoms with E-state index in [0.29, 0.717) is 30.4 Å². The molecule has 3 aliphatic heterocycles. The number of likely N-dealkylation sites (tertiary alicyclic amines) is 1. The summed E-state index contributed by atoms with van der Waals surface area (Å²) < 4.78 is 5.14. The van der Waals surface area contributed by atoms with E-state index in [9.17, 15) is 29.7 Å². The molecule has 2 unspecified atom stereocenters. The van der Waals surface area contributed by atoms with E-state index in [-0.39, 0.29) is 42.9 Å². The van der Waals surface area contributed by atoms with Crippen LogP contribution in [0.5, 0.6) is 0 Å². The summed E-state index contributed by atoms with van der Waals surface area (Å²) in [4.78, 5) is 39.5. The van der Waals surface area contributed by atoms with Gasteiger partial charge in [0, 0.05) is 0 Å². The van der Waals surface area contributed by atoms with Crippen LogP contribution in [0.3, 0.4) is 0 Å². The fourth-order valence-corrected chi connectivity index (χ4v) is 4.75. The zero-order valence-electron chi connectivity index (χ0n) is 17.2. The Morgan fingerprint density at radius 1 is 1.37 bits per heavy atom. The van der Waals surface area contributed by atoms with Crippen molar-refractivity contribution in [1.82, 2.24) is 9.80 Å². The van der Waals surface area contributed by atoms with Crippen LogP contribution in [0, 0.1) is 5.92 Å². The lowest BCUT2D eigenvalue weighted by molar-refractivity contribution is -0.161. The fraction of sp³-hybridized carbons (Fsp3) is 0.571. The van der Waals surface area contributed by atoms with E-state index in [0.717, 1.165) is 0 Å². The maximum Gasteiger partial charge on any atom is 0.410 e. The van der Waals surface area contributed by atoms with Crippen molar-refractivity contribution in [2.24, 2.45) is 5.92 Å². The molecule has 0 aliphatic carbocycles. The lowest BCUT2D eigenvalue weighted by Crippen LogP contribution is -2.61. The van der Waals surface area contributed by atoms with Gasteiger partial charge in [-0.1, -0.05) is 18.7 Å². The van der Waals surface area contributed by atoms with Crippen LogP contribution in [-0.4, -0.2) is 80.5 Å². The molecule has 2 fully saturated rings. The van der Waals surface area contributed by atoms with Crippen molar-refractivity contribution < 1.29 is 34.4 Å². The molecule has 3 rings (SSSR count). The van der Waals surface area contributed by atoms with E-state index >= 15 is 0 Å². The second kappa shape index (κ2) is 8.61. The number of aliphatic hydroxyl groups is 2. The molecule has 0 spiro atoms. The number of ether oxygens (including phenoxy) is 1. The number of nitrogens with zero attached hydrogens (tertiary/aromatic N) is 2. The molecule has 164 valence electrons. The van der Waals surface area contributed by atoms with Gasteiger partial charge in [-0.05, 0) is 44.3 Å². The van der Waals surface area contributed by atoms with Crippen LogP contribution in [-0.2, 0) is 14.3 Å². The first kappa shape index (κ1) is 22.0. The molecular formula is C21H28N2O7. The van der Waals surface area contributed by atoms with Gasteiger partial charge in [-0.25, -0.2) is 9.59 Å². The molecule has 3 aliphatic rings. The molecule has 0 aromatic heterocycles. The van der Waals surface area contributed by atoms with Crippen LogP contribution >= 0.6 is 0 Å². The quantitative estimate of drug-likeness (QED) is 0.415. The Morgan fingerprint density at radius 3 is 2.63 bits per heavy atom. The minimum Gasteiger partial charge on any atom is -0.477 e. The molecule has 30 heavy (non-hydrogen) atoms. The van der Waals surface area contributed by atoms with E-state index in [4.69, 9.17) is 4.74 Å². The van der Waals surface area contributed by atoms with Gasteiger partial charge in [-0.3, -0.25) is 9.69 Å². The summed E-state index contributed by atoms with van der Waals surface area (Å²) in [6.45, 7) is 6.66. The van der Waals surface area contributed by atoms with Crippen LogP contribution in [0.4, 0.5) is 4.79 Å². The number of carboxylic acid groups (broad SMARTS) is 1. The number of allylic oxidation sites excluding steroid dienone is 1. The number of carbonyl (C=O) groups excluding carboxylic acids is 2. The molecule has 0 bridgehead atoms. The maximum atomic E-state index is 12.5. The molecule has 0 saturated carbocycles. The van der Waals surface area contributed by atoms with Gasteiger partial charge in [-0.15, -0.1) is 0 Å². The highest BCUT2D eigenvalue weighted by molar-refractivity contribution is 6.00. The van der Waals surface area contributed by atoms with Crippen LogP contribution in [0.2, 0.25) is 0 Å². The summed E-state index contributed by atoms with van der Waals surface area (Å²) in [6, 6.07) is -1.11. The Labute approximate surface area is 174 Å². The molecule has 0 aromatic rings. The average Bonchev–Trinajstić information content (AvgIpc) is 3.24. The molecule has 3 heterocycles. The van der Waals surface area contributed by atoms with E-state index < -0.39 is 24.1 Å². The van der Waals surface area contributed by atoms with Gasteiger partial charge in [0.2, 0.25) is 5.91 Å². The molecule has 0 radical (unpaired) electrons. The van der Waals surface area contributed by atoms with E-state index in [1.54, 1.807) is 13.0 Å². The Morgan fingerprint density at radius 2 is 2.07 bits per heavy atom. The number of carboxylic acids is 1. The summed E-state index contributed by atoms with van der Waals surface area (Å²) in [7, 11) is 0. The summed E-state index contributed by atoms with van der Waals surface area (Å²) in [5.41, 5.74) is 1.12. The Bertz CT molecular complexity index is 816. The number of amides is 2. The topological polar surface area (TPSA) is 128 Å². The maximum absolute atomic E-state index is 12.5. The highest BCUT2D eigenvalue weighted by Gasteiger charge is 2.56. The van der Waals surface area contributed by atoms with Crippen LogP contribution in [0.25, 0.3) is 0 Å². The third kappa shape index (κ3) is 3.63. The second-order valence-electron chi connectivity index (χ2n) is 7.98. The van der Waals surface area contributed by atoms with Crippen LogP contribution in [0.1, 0.15) is 33.1 Å². The SMILES string of the molecule is C=CCOC(=O)N1C(C=C(C)C2=C(C(=O)O)N3C(=O)[C@H]([C@@H](C)O)[C@H]3C2)CCC1CO. The van der Waals surface area contributed by atoms with Crippen molar-refractivity contribution in [2.45, 2.75) is 57.3 Å². The molecule has 3 N–H and O–H groups in total. The monoisotopic (exact) mass is 420 g/mol. The van der Waals surface area contributed by atoms with Gasteiger partial charge < -0.3 is 25.0 Å². The molecule has 0 aromatic carbocycles. The predicted molar refractivity (Wildman–Crippen MR) is 106 cm³/mol. The van der Waals surface area contributed by atoms with E-state index in [1.807, 2.05) is 0 Å². The summed E-state index contributed by atoms with van der Waals surface area (Å²) >= 11 is 0. The fourth-order valence-electron chi connectivity index (χ4n) is 4.75. The van der Waals surface area contributed by atoms with Crippen LogP contribution < -0.4 is 0 Å². The first-order valence-electron chi connectivity index (χ1n) is 10.1. The highest BCUT2D eigenvalue weighted by atomic mass is 16.6. The van der Waals surface area contributed by atoms with Gasteiger partial charge >= 0.3 is 12.1 Å². The predicted octanol–water partition coefficient (Wildman–Crippen LogP) is 1.03. The number of hydrogen-bond acceptors (Lipinski definition) is 6. The van der Waals surface area contributed by atoms with Crippen molar-refractivity contribution >= 4 is 18.0 Å². The summed E-state index contributed by atoms with van der Waals surface area (Å²) in [6.07, 6.45) is 3.37. The Balaban J connectivity index is 1.88. The van der Waals surface area contributed by atoms with Crippen molar-refractivity contribution in [1.29, 1.82) is 0 Å². The van der Waals surface area contributed by atoms with Gasteiger partial charge in [0.25, 0.3) is 0 Å². The second-order valence-corrected chi connectivity index (χ2v) is 7.98. The lowest BCUT2D eigenvalue weighted by atomic mass is 9.82. The number of β-lactam (4-membered cyclic amide) rings is 1. The van der Waals surface area contributed by atoms with Crippen molar-refractivity contribution in [3.05, 3.63) is 35.6 Å². The molecule has 9 nitrogen and oxygen atoms in total. The Kier molecular flexibility index (Phi) is 6.33. The zero-order valence-corrected chi connectivity index (χ0v) is 17.2. The van der Waals surface area contributed by atoms with Gasteiger partial charge in [-0.2, -0.15) is 0 Å². The van der Waals surface area contributed by atoms with Crippen molar-refractivity contribution in [3.63, 3.8) is 0 Å². The number of carbonyl (C=O) groups is 3. The third-order valence-corrected chi connectivity index (χ3v) is 6.14. The largest absolute Gasteiger partial charge is 0.477 e. The summed E-state index contributed by atoms with van der Waals surface area (Å²) in [5.74, 6) is -2.19.